The molecule has 8 heteroatoms. The maximum atomic E-state index is 12.2. The maximum absolute atomic E-state index is 12.2. The molecule has 0 saturated heterocycles. The predicted molar refractivity (Wildman–Crippen MR) is 123 cm³/mol. The minimum atomic E-state index is -0.350. The second kappa shape index (κ2) is 11.6. The Labute approximate surface area is 189 Å². The van der Waals surface area contributed by atoms with Gasteiger partial charge in [-0.25, -0.2) is 0 Å². The zero-order valence-electron chi connectivity index (χ0n) is 16.0. The fourth-order valence-corrected chi connectivity index (χ4v) is 4.18. The lowest BCUT2D eigenvalue weighted by atomic mass is 10.1. The molecule has 0 bridgehead atoms. The normalized spacial score (nSPS) is 10.4. The molecule has 0 spiro atoms. The highest BCUT2D eigenvalue weighted by Crippen LogP contribution is 2.24. The molecular weight excluding hydrogens is 438 g/mol. The molecule has 154 valence electrons. The second-order valence-electron chi connectivity index (χ2n) is 6.30. The summed E-state index contributed by atoms with van der Waals surface area (Å²) in [4.78, 5) is 29.3. The van der Waals surface area contributed by atoms with E-state index in [-0.39, 0.29) is 17.6 Å². The van der Waals surface area contributed by atoms with E-state index in [1.807, 2.05) is 48.5 Å². The highest BCUT2D eigenvalue weighted by molar-refractivity contribution is 7.99. The molecule has 2 amide bonds. The fraction of sp³-hybridized carbons (Fsp3) is 0.136. The smallest absolute Gasteiger partial charge is 0.269 e. The monoisotopic (exact) mass is 457 g/mol. The highest BCUT2D eigenvalue weighted by atomic mass is 35.5. The summed E-state index contributed by atoms with van der Waals surface area (Å²) < 4.78 is 0. The third-order valence-electron chi connectivity index (χ3n) is 3.98. The van der Waals surface area contributed by atoms with Crippen LogP contribution in [0.4, 0.5) is 0 Å². The zero-order chi connectivity index (χ0) is 21.2. The van der Waals surface area contributed by atoms with Crippen LogP contribution in [0.25, 0.3) is 0 Å². The molecule has 0 unspecified atom stereocenters. The average Bonchev–Trinajstić information content (AvgIpc) is 2.78. The number of benzene rings is 2. The predicted octanol–water partition coefficient (Wildman–Crippen LogP) is 4.72. The van der Waals surface area contributed by atoms with Crippen LogP contribution in [0.2, 0.25) is 5.02 Å². The number of nitrogens with one attached hydrogen (secondary N) is 2. The largest absolute Gasteiger partial charge is 0.272 e. The summed E-state index contributed by atoms with van der Waals surface area (Å²) in [6.45, 7) is 0. The molecule has 1 heterocycles. The van der Waals surface area contributed by atoms with E-state index in [2.05, 4.69) is 15.8 Å². The fourth-order valence-electron chi connectivity index (χ4n) is 2.43. The number of aromatic nitrogens is 1. The van der Waals surface area contributed by atoms with E-state index in [4.69, 9.17) is 11.6 Å². The topological polar surface area (TPSA) is 71.1 Å². The Morgan fingerprint density at radius 2 is 1.67 bits per heavy atom. The summed E-state index contributed by atoms with van der Waals surface area (Å²) in [5.74, 6) is 1.11. The second-order valence-corrected chi connectivity index (χ2v) is 8.77. The SMILES string of the molecule is O=C(CSCc1cccnc1)NNC(=O)c1ccc(CSc2ccc(Cl)cc2)cc1. The van der Waals surface area contributed by atoms with Crippen molar-refractivity contribution >= 4 is 46.9 Å². The molecule has 0 atom stereocenters. The third kappa shape index (κ3) is 7.40. The van der Waals surface area contributed by atoms with Crippen molar-refractivity contribution in [2.45, 2.75) is 16.4 Å². The number of carbonyl (C=O) groups excluding carboxylic acids is 2. The molecule has 0 aliphatic rings. The van der Waals surface area contributed by atoms with E-state index < -0.39 is 0 Å². The van der Waals surface area contributed by atoms with Gasteiger partial charge >= 0.3 is 0 Å². The van der Waals surface area contributed by atoms with Gasteiger partial charge in [0.05, 0.1) is 5.75 Å². The van der Waals surface area contributed by atoms with Gasteiger partial charge in [-0.2, -0.15) is 0 Å². The summed E-state index contributed by atoms with van der Waals surface area (Å²) in [5, 5.41) is 0.717. The number of thioether (sulfide) groups is 2. The quantitative estimate of drug-likeness (QED) is 0.378. The van der Waals surface area contributed by atoms with Crippen LogP contribution in [-0.2, 0) is 16.3 Å². The lowest BCUT2D eigenvalue weighted by Gasteiger charge is -2.08. The summed E-state index contributed by atoms with van der Waals surface area (Å²) in [6.07, 6.45) is 3.48. The van der Waals surface area contributed by atoms with Gasteiger partial charge < -0.3 is 0 Å². The van der Waals surface area contributed by atoms with Crippen molar-refractivity contribution in [1.82, 2.24) is 15.8 Å². The third-order valence-corrected chi connectivity index (χ3v) is 6.31. The van der Waals surface area contributed by atoms with E-state index in [1.165, 1.54) is 11.8 Å². The van der Waals surface area contributed by atoms with Gasteiger partial charge in [0.25, 0.3) is 5.91 Å². The molecule has 0 saturated carbocycles. The van der Waals surface area contributed by atoms with Crippen LogP contribution in [-0.4, -0.2) is 22.6 Å². The first-order valence-electron chi connectivity index (χ1n) is 9.13. The van der Waals surface area contributed by atoms with Crippen molar-refractivity contribution in [3.63, 3.8) is 0 Å². The highest BCUT2D eigenvalue weighted by Gasteiger charge is 2.08. The molecule has 0 aliphatic heterocycles. The Bertz CT molecular complexity index is 968. The van der Waals surface area contributed by atoms with Crippen molar-refractivity contribution in [2.75, 3.05) is 5.75 Å². The number of pyridine rings is 1. The van der Waals surface area contributed by atoms with Crippen molar-refractivity contribution in [3.05, 3.63) is 94.8 Å². The van der Waals surface area contributed by atoms with Crippen LogP contribution in [0.5, 0.6) is 0 Å². The first-order valence-corrected chi connectivity index (χ1v) is 11.6. The molecule has 0 fully saturated rings. The van der Waals surface area contributed by atoms with E-state index in [0.29, 0.717) is 16.3 Å². The summed E-state index contributed by atoms with van der Waals surface area (Å²) >= 11 is 9.04. The molecule has 3 aromatic rings. The Balaban J connectivity index is 1.38. The van der Waals surface area contributed by atoms with Crippen LogP contribution in [0.1, 0.15) is 21.5 Å². The molecular formula is C22H20ClN3O2S2. The molecule has 2 aromatic carbocycles. The van der Waals surface area contributed by atoms with Gasteiger partial charge in [0.1, 0.15) is 0 Å². The average molecular weight is 458 g/mol. The number of rotatable bonds is 8. The first kappa shape index (κ1) is 22.2. The lowest BCUT2D eigenvalue weighted by Crippen LogP contribution is -2.42. The van der Waals surface area contributed by atoms with Gasteiger partial charge in [-0.3, -0.25) is 25.4 Å². The number of amides is 2. The minimum Gasteiger partial charge on any atom is -0.272 e. The van der Waals surface area contributed by atoms with Crippen molar-refractivity contribution < 1.29 is 9.59 Å². The Morgan fingerprint density at radius 3 is 2.37 bits per heavy atom. The van der Waals surface area contributed by atoms with Gasteiger partial charge in [-0.05, 0) is 53.6 Å². The molecule has 1 aromatic heterocycles. The summed E-state index contributed by atoms with van der Waals surface area (Å²) in [7, 11) is 0. The van der Waals surface area contributed by atoms with Crippen LogP contribution in [0.15, 0.2) is 78.0 Å². The molecule has 5 nitrogen and oxygen atoms in total. The van der Waals surface area contributed by atoms with E-state index >= 15 is 0 Å². The Morgan fingerprint density at radius 1 is 0.900 bits per heavy atom. The van der Waals surface area contributed by atoms with Crippen LogP contribution in [0, 0.1) is 0 Å². The molecule has 0 aliphatic carbocycles. The molecule has 0 radical (unpaired) electrons. The van der Waals surface area contributed by atoms with E-state index in [9.17, 15) is 9.59 Å². The van der Waals surface area contributed by atoms with E-state index in [1.54, 1.807) is 36.3 Å². The standard InChI is InChI=1S/C22H20ClN3O2S2/c23-19-7-9-20(10-8-19)30-14-16-3-5-18(6-4-16)22(28)26-25-21(27)15-29-13-17-2-1-11-24-12-17/h1-12H,13-15H2,(H,25,27)(H,26,28). The summed E-state index contributed by atoms with van der Waals surface area (Å²) in [6, 6.07) is 18.8. The Kier molecular flexibility index (Phi) is 8.62. The lowest BCUT2D eigenvalue weighted by molar-refractivity contribution is -0.119. The zero-order valence-corrected chi connectivity index (χ0v) is 18.4. The Hall–Kier alpha value is -2.48. The van der Waals surface area contributed by atoms with Gasteiger partial charge in [-0.15, -0.1) is 23.5 Å². The van der Waals surface area contributed by atoms with Gasteiger partial charge in [-0.1, -0.05) is 29.8 Å². The summed E-state index contributed by atoms with van der Waals surface area (Å²) in [5.41, 5.74) is 7.53. The van der Waals surface area contributed by atoms with Gasteiger partial charge in [0.15, 0.2) is 0 Å². The number of nitrogens with zero attached hydrogens (tertiary/aromatic N) is 1. The van der Waals surface area contributed by atoms with Gasteiger partial charge in [0.2, 0.25) is 5.91 Å². The maximum Gasteiger partial charge on any atom is 0.269 e. The number of halogens is 1. The van der Waals surface area contributed by atoms with Gasteiger partial charge in [0, 0.05) is 39.4 Å². The van der Waals surface area contributed by atoms with Crippen LogP contribution in [0.3, 0.4) is 0 Å². The van der Waals surface area contributed by atoms with E-state index in [0.717, 1.165) is 21.8 Å². The minimum absolute atomic E-state index is 0.246. The molecule has 3 rings (SSSR count). The number of hydrazine groups is 1. The number of carbonyl (C=O) groups is 2. The first-order chi connectivity index (χ1) is 14.6. The van der Waals surface area contributed by atoms with Crippen LogP contribution >= 0.6 is 35.1 Å². The van der Waals surface area contributed by atoms with Crippen LogP contribution < -0.4 is 10.9 Å². The number of hydrogen-bond acceptors (Lipinski definition) is 5. The van der Waals surface area contributed by atoms with Crippen molar-refractivity contribution in [1.29, 1.82) is 0 Å². The van der Waals surface area contributed by atoms with Crippen molar-refractivity contribution in [3.8, 4) is 0 Å². The number of hydrogen-bond donors (Lipinski definition) is 2. The molecule has 30 heavy (non-hydrogen) atoms. The molecule has 2 N–H and O–H groups in total. The van der Waals surface area contributed by atoms with Crippen molar-refractivity contribution in [2.24, 2.45) is 0 Å².